The SMILES string of the molecule is CCCNC1CC(c2ccccc2)Oc2cc(F)ccc21. The van der Waals surface area contributed by atoms with E-state index in [0.29, 0.717) is 5.75 Å². The lowest BCUT2D eigenvalue weighted by Crippen LogP contribution is -2.29. The maximum atomic E-state index is 13.5. The molecular formula is C18H20FNO. The predicted octanol–water partition coefficient (Wildman–Crippen LogP) is 4.39. The summed E-state index contributed by atoms with van der Waals surface area (Å²) in [6.07, 6.45) is 1.90. The summed E-state index contributed by atoms with van der Waals surface area (Å²) in [6, 6.07) is 15.2. The Morgan fingerprint density at radius 2 is 2.00 bits per heavy atom. The van der Waals surface area contributed by atoms with E-state index in [4.69, 9.17) is 4.74 Å². The van der Waals surface area contributed by atoms with E-state index < -0.39 is 0 Å². The van der Waals surface area contributed by atoms with Gasteiger partial charge in [0.2, 0.25) is 0 Å². The van der Waals surface area contributed by atoms with E-state index in [0.717, 1.165) is 30.5 Å². The molecule has 2 nitrogen and oxygen atoms in total. The third-order valence-corrected chi connectivity index (χ3v) is 3.88. The molecule has 0 radical (unpaired) electrons. The van der Waals surface area contributed by atoms with Gasteiger partial charge in [0.25, 0.3) is 0 Å². The van der Waals surface area contributed by atoms with Gasteiger partial charge >= 0.3 is 0 Å². The molecule has 2 aromatic carbocycles. The maximum Gasteiger partial charge on any atom is 0.127 e. The number of hydrogen-bond acceptors (Lipinski definition) is 2. The minimum absolute atomic E-state index is 0.0325. The van der Waals surface area contributed by atoms with Crippen LogP contribution in [0.15, 0.2) is 48.5 Å². The molecule has 1 N–H and O–H groups in total. The number of hydrogen-bond donors (Lipinski definition) is 1. The molecule has 3 heteroatoms. The summed E-state index contributed by atoms with van der Waals surface area (Å²) in [6.45, 7) is 3.09. The van der Waals surface area contributed by atoms with Gasteiger partial charge in [0.1, 0.15) is 17.7 Å². The van der Waals surface area contributed by atoms with Gasteiger partial charge in [-0.3, -0.25) is 0 Å². The van der Waals surface area contributed by atoms with E-state index in [1.165, 1.54) is 12.1 Å². The van der Waals surface area contributed by atoms with Crippen LogP contribution < -0.4 is 10.1 Å². The van der Waals surface area contributed by atoms with Crippen molar-refractivity contribution in [3.63, 3.8) is 0 Å². The fourth-order valence-corrected chi connectivity index (χ4v) is 2.82. The largest absolute Gasteiger partial charge is 0.485 e. The van der Waals surface area contributed by atoms with Crippen LogP contribution >= 0.6 is 0 Å². The number of nitrogens with one attached hydrogen (secondary N) is 1. The van der Waals surface area contributed by atoms with Crippen molar-refractivity contribution in [2.45, 2.75) is 31.9 Å². The molecule has 2 unspecified atom stereocenters. The second-order valence-corrected chi connectivity index (χ2v) is 5.44. The van der Waals surface area contributed by atoms with Crippen molar-refractivity contribution in [1.29, 1.82) is 0 Å². The van der Waals surface area contributed by atoms with Crippen molar-refractivity contribution in [2.24, 2.45) is 0 Å². The lowest BCUT2D eigenvalue weighted by atomic mass is 9.93. The molecule has 0 aromatic heterocycles. The molecule has 0 spiro atoms. The Morgan fingerprint density at radius 1 is 1.19 bits per heavy atom. The van der Waals surface area contributed by atoms with Gasteiger partial charge in [-0.05, 0) is 24.6 Å². The summed E-state index contributed by atoms with van der Waals surface area (Å²) in [5.41, 5.74) is 2.19. The Bertz CT molecular complexity index is 599. The Hall–Kier alpha value is -1.87. The molecule has 2 aromatic rings. The van der Waals surface area contributed by atoms with Crippen LogP contribution in [0.25, 0.3) is 0 Å². The highest BCUT2D eigenvalue weighted by molar-refractivity contribution is 5.39. The van der Waals surface area contributed by atoms with Crippen molar-refractivity contribution >= 4 is 0 Å². The molecular weight excluding hydrogens is 265 g/mol. The van der Waals surface area contributed by atoms with Crippen molar-refractivity contribution < 1.29 is 9.13 Å². The van der Waals surface area contributed by atoms with Crippen molar-refractivity contribution in [3.8, 4) is 5.75 Å². The summed E-state index contributed by atoms with van der Waals surface area (Å²) in [4.78, 5) is 0. The molecule has 21 heavy (non-hydrogen) atoms. The summed E-state index contributed by atoms with van der Waals surface area (Å²) >= 11 is 0. The normalized spacial score (nSPS) is 20.7. The molecule has 1 aliphatic rings. The molecule has 0 bridgehead atoms. The topological polar surface area (TPSA) is 21.3 Å². The second kappa shape index (κ2) is 6.27. The van der Waals surface area contributed by atoms with Crippen molar-refractivity contribution in [1.82, 2.24) is 5.32 Å². The standard InChI is InChI=1S/C18H20FNO/c1-2-10-20-16-12-17(13-6-4-3-5-7-13)21-18-11-14(19)8-9-15(16)18/h3-9,11,16-17,20H,2,10,12H2,1H3. The number of benzene rings is 2. The van der Waals surface area contributed by atoms with Crippen LogP contribution in [-0.2, 0) is 0 Å². The fraction of sp³-hybridized carbons (Fsp3) is 0.333. The van der Waals surface area contributed by atoms with Gasteiger partial charge < -0.3 is 10.1 Å². The van der Waals surface area contributed by atoms with E-state index in [9.17, 15) is 4.39 Å². The van der Waals surface area contributed by atoms with Gasteiger partial charge in [0.15, 0.2) is 0 Å². The molecule has 1 aliphatic heterocycles. The molecule has 1 heterocycles. The van der Waals surface area contributed by atoms with Crippen LogP contribution in [0.4, 0.5) is 4.39 Å². The van der Waals surface area contributed by atoms with Crippen LogP contribution in [0.2, 0.25) is 0 Å². The van der Waals surface area contributed by atoms with Crippen LogP contribution in [-0.4, -0.2) is 6.54 Å². The van der Waals surface area contributed by atoms with E-state index >= 15 is 0 Å². The average molecular weight is 285 g/mol. The number of halogens is 1. The third kappa shape index (κ3) is 3.08. The highest BCUT2D eigenvalue weighted by Gasteiger charge is 2.29. The van der Waals surface area contributed by atoms with Crippen molar-refractivity contribution in [3.05, 3.63) is 65.5 Å². The van der Waals surface area contributed by atoms with E-state index in [1.54, 1.807) is 0 Å². The number of rotatable bonds is 4. The van der Waals surface area contributed by atoms with E-state index in [2.05, 4.69) is 24.4 Å². The summed E-state index contributed by atoms with van der Waals surface area (Å²) in [7, 11) is 0. The Morgan fingerprint density at radius 3 is 2.76 bits per heavy atom. The van der Waals surface area contributed by atoms with Gasteiger partial charge in [0.05, 0.1) is 0 Å². The number of fused-ring (bicyclic) bond motifs is 1. The Labute approximate surface area is 125 Å². The summed E-state index contributed by atoms with van der Waals surface area (Å²) in [5, 5.41) is 3.54. The van der Waals surface area contributed by atoms with Crippen LogP contribution in [0.5, 0.6) is 5.75 Å². The smallest absolute Gasteiger partial charge is 0.127 e. The van der Waals surface area contributed by atoms with Crippen molar-refractivity contribution in [2.75, 3.05) is 6.54 Å². The van der Waals surface area contributed by atoms with Crippen LogP contribution in [0.3, 0.4) is 0 Å². The molecule has 0 amide bonds. The molecule has 0 saturated heterocycles. The van der Waals surface area contributed by atoms with Gasteiger partial charge in [0, 0.05) is 24.1 Å². The summed E-state index contributed by atoms with van der Waals surface area (Å²) in [5.74, 6) is 0.403. The first kappa shape index (κ1) is 14.1. The lowest BCUT2D eigenvalue weighted by Gasteiger charge is -2.33. The van der Waals surface area contributed by atoms with Crippen LogP contribution in [0.1, 0.15) is 43.0 Å². The molecule has 0 aliphatic carbocycles. The molecule has 2 atom stereocenters. The fourth-order valence-electron chi connectivity index (χ4n) is 2.82. The van der Waals surface area contributed by atoms with Gasteiger partial charge in [-0.2, -0.15) is 0 Å². The monoisotopic (exact) mass is 285 g/mol. The Balaban J connectivity index is 1.91. The zero-order valence-electron chi connectivity index (χ0n) is 12.2. The van der Waals surface area contributed by atoms with Gasteiger partial charge in [-0.15, -0.1) is 0 Å². The zero-order chi connectivity index (χ0) is 14.7. The zero-order valence-corrected chi connectivity index (χ0v) is 12.2. The van der Waals surface area contributed by atoms with Crippen LogP contribution in [0, 0.1) is 5.82 Å². The highest BCUT2D eigenvalue weighted by atomic mass is 19.1. The summed E-state index contributed by atoms with van der Waals surface area (Å²) < 4.78 is 19.5. The van der Waals surface area contributed by atoms with E-state index in [1.807, 2.05) is 24.3 Å². The first-order chi connectivity index (χ1) is 10.3. The molecule has 110 valence electrons. The predicted molar refractivity (Wildman–Crippen MR) is 81.9 cm³/mol. The quantitative estimate of drug-likeness (QED) is 0.899. The molecule has 3 rings (SSSR count). The van der Waals surface area contributed by atoms with E-state index in [-0.39, 0.29) is 18.0 Å². The first-order valence-corrected chi connectivity index (χ1v) is 7.52. The Kier molecular flexibility index (Phi) is 4.20. The number of ether oxygens (including phenoxy) is 1. The first-order valence-electron chi connectivity index (χ1n) is 7.52. The minimum Gasteiger partial charge on any atom is -0.485 e. The lowest BCUT2D eigenvalue weighted by molar-refractivity contribution is 0.151. The second-order valence-electron chi connectivity index (χ2n) is 5.44. The third-order valence-electron chi connectivity index (χ3n) is 3.88. The van der Waals surface area contributed by atoms with Gasteiger partial charge in [-0.25, -0.2) is 4.39 Å². The molecule has 0 fully saturated rings. The minimum atomic E-state index is -0.253. The highest BCUT2D eigenvalue weighted by Crippen LogP contribution is 2.40. The average Bonchev–Trinajstić information content (AvgIpc) is 2.52. The molecule has 0 saturated carbocycles. The van der Waals surface area contributed by atoms with Gasteiger partial charge in [-0.1, -0.05) is 43.3 Å². The maximum absolute atomic E-state index is 13.5.